The Kier molecular flexibility index (Phi) is 11.3. The summed E-state index contributed by atoms with van der Waals surface area (Å²) < 4.78 is 6.93. The normalized spacial score (nSPS) is 24.8. The standard InChI is InChI=1S/C56H61N3OSi/c1-5-6-16-26-55-27-30-56(31-28-55,32-29-55)52-39-44(51(40-57)58-4)38-45(60-52)24-23-42-36-49-43(25-34-59-35-33-54(2,3)50(37-42)53(49)59)41-61(46-17-10-7-11-18-46,47-19-12-8-13-20-47)48-21-14-9-15-22-48/h7-15,17-24,36-39,43H,5-6,16,25-35,41H2,1-3H3/b24-23+,51-44+. The minimum atomic E-state index is -2.51. The van der Waals surface area contributed by atoms with Gasteiger partial charge in [-0.1, -0.05) is 137 Å². The Morgan fingerprint density at radius 3 is 2.02 bits per heavy atom. The van der Waals surface area contributed by atoms with Crippen LogP contribution in [-0.4, -0.2) is 21.2 Å². The second-order valence-electron chi connectivity index (χ2n) is 19.6. The second-order valence-corrected chi connectivity index (χ2v) is 23.5. The van der Waals surface area contributed by atoms with Crippen LogP contribution in [0.4, 0.5) is 5.69 Å². The fraction of sp³-hybridized carbons (Fsp3) is 0.393. The molecule has 3 aliphatic heterocycles. The van der Waals surface area contributed by atoms with Crippen LogP contribution in [0.2, 0.25) is 6.04 Å². The molecule has 4 aromatic rings. The summed E-state index contributed by atoms with van der Waals surface area (Å²) in [4.78, 5) is 6.35. The first-order valence-corrected chi connectivity index (χ1v) is 25.3. The van der Waals surface area contributed by atoms with Crippen molar-refractivity contribution in [2.75, 3.05) is 18.0 Å². The number of nitrogens with zero attached hydrogens (tertiary/aromatic N) is 3. The Morgan fingerprint density at radius 2 is 1.44 bits per heavy atom. The summed E-state index contributed by atoms with van der Waals surface area (Å²) in [7, 11) is -2.51. The molecule has 0 radical (unpaired) electrons. The van der Waals surface area contributed by atoms with Crippen LogP contribution in [0.15, 0.2) is 144 Å². The van der Waals surface area contributed by atoms with E-state index in [1.807, 2.05) is 12.2 Å². The average molecular weight is 820 g/mol. The molecule has 3 fully saturated rings. The molecule has 1 unspecified atom stereocenters. The molecule has 310 valence electrons. The molecular formula is C56H61N3OSi. The van der Waals surface area contributed by atoms with Gasteiger partial charge in [-0.05, 0) is 149 Å². The number of hydrogen-bond donors (Lipinski definition) is 0. The van der Waals surface area contributed by atoms with E-state index in [2.05, 4.69) is 152 Å². The van der Waals surface area contributed by atoms with Crippen LogP contribution < -0.4 is 20.5 Å². The van der Waals surface area contributed by atoms with Crippen molar-refractivity contribution in [3.8, 4) is 6.07 Å². The third kappa shape index (κ3) is 7.65. The van der Waals surface area contributed by atoms with E-state index in [0.29, 0.717) is 16.9 Å². The Balaban J connectivity index is 1.10. The van der Waals surface area contributed by atoms with Crippen molar-refractivity contribution < 1.29 is 4.74 Å². The Bertz CT molecular complexity index is 2330. The highest BCUT2D eigenvalue weighted by Crippen LogP contribution is 2.62. The maximum absolute atomic E-state index is 10.1. The summed E-state index contributed by atoms with van der Waals surface area (Å²) in [6, 6.07) is 42.4. The first-order valence-electron chi connectivity index (χ1n) is 23.1. The zero-order valence-corrected chi connectivity index (χ0v) is 37.6. The van der Waals surface area contributed by atoms with Gasteiger partial charge >= 0.3 is 0 Å². The quantitative estimate of drug-likeness (QED) is 0.0470. The lowest BCUT2D eigenvalue weighted by molar-refractivity contribution is -0.0195. The number of anilines is 1. The lowest BCUT2D eigenvalue weighted by Crippen LogP contribution is -2.67. The lowest BCUT2D eigenvalue weighted by atomic mass is 9.52. The van der Waals surface area contributed by atoms with Crippen LogP contribution in [0.25, 0.3) is 10.9 Å². The predicted molar refractivity (Wildman–Crippen MR) is 255 cm³/mol. The molecule has 6 aliphatic rings. The van der Waals surface area contributed by atoms with Gasteiger partial charge in [-0.3, -0.25) is 0 Å². The summed E-state index contributed by atoms with van der Waals surface area (Å²) in [6.45, 7) is 17.2. The topological polar surface area (TPSA) is 40.6 Å². The van der Waals surface area contributed by atoms with E-state index in [1.165, 1.54) is 82.9 Å². The maximum Gasteiger partial charge on any atom is 0.269 e. The van der Waals surface area contributed by atoms with Gasteiger partial charge in [0.05, 0.1) is 12.6 Å². The van der Waals surface area contributed by atoms with Gasteiger partial charge in [-0.15, -0.1) is 0 Å². The zero-order chi connectivity index (χ0) is 42.1. The Hall–Kier alpha value is -5.36. The fourth-order valence-corrected chi connectivity index (χ4v) is 17.2. The first-order chi connectivity index (χ1) is 29.7. The lowest BCUT2D eigenvalue weighted by Gasteiger charge is -2.54. The number of hydrogen-bond acceptors (Lipinski definition) is 3. The van der Waals surface area contributed by atoms with Crippen LogP contribution in [0, 0.1) is 28.7 Å². The molecule has 61 heavy (non-hydrogen) atoms. The average Bonchev–Trinajstić information content (AvgIpc) is 3.31. The number of rotatable bonds is 12. The van der Waals surface area contributed by atoms with Crippen LogP contribution in [-0.2, 0) is 10.2 Å². The van der Waals surface area contributed by atoms with Crippen molar-refractivity contribution in [3.63, 3.8) is 0 Å². The molecule has 0 saturated heterocycles. The molecule has 2 bridgehead atoms. The van der Waals surface area contributed by atoms with Gasteiger partial charge in [-0.25, -0.2) is 10.1 Å². The molecule has 0 spiro atoms. The molecule has 3 aliphatic carbocycles. The first kappa shape index (κ1) is 41.0. The molecule has 1 atom stereocenters. The summed E-state index contributed by atoms with van der Waals surface area (Å²) in [5.41, 5.74) is 6.86. The highest BCUT2D eigenvalue weighted by molar-refractivity contribution is 7.11. The van der Waals surface area contributed by atoms with Crippen molar-refractivity contribution in [3.05, 3.63) is 172 Å². The summed E-state index contributed by atoms with van der Waals surface area (Å²) in [6.07, 6.45) is 22.9. The molecule has 0 aromatic heterocycles. The van der Waals surface area contributed by atoms with Crippen molar-refractivity contribution in [1.82, 2.24) is 0 Å². The SMILES string of the molecule is [C-]#[N+]/C(C#N)=C1C=C(/C=C/c2cc3c4c(c2)C(C)(C)CCN4CCC3C[Si](c2ccccc2)(c2ccccc2)c2ccccc2)OC(C23CCC(CCCCC)(CC2)CC3)=C\1. The summed E-state index contributed by atoms with van der Waals surface area (Å²) in [5, 5.41) is 14.4. The number of nitriles is 1. The fourth-order valence-electron chi connectivity index (χ4n) is 12.0. The van der Waals surface area contributed by atoms with Gasteiger partial charge in [0.1, 0.15) is 19.6 Å². The molecule has 4 nitrogen and oxygen atoms in total. The van der Waals surface area contributed by atoms with Crippen molar-refractivity contribution in [1.29, 1.82) is 5.26 Å². The molecular weight excluding hydrogens is 759 g/mol. The van der Waals surface area contributed by atoms with Crippen molar-refractivity contribution >= 4 is 35.4 Å². The smallest absolute Gasteiger partial charge is 0.269 e. The number of allylic oxidation sites excluding steroid dienone is 6. The third-order valence-electron chi connectivity index (χ3n) is 15.7. The van der Waals surface area contributed by atoms with Gasteiger partial charge in [0, 0.05) is 24.2 Å². The van der Waals surface area contributed by atoms with Crippen molar-refractivity contribution in [2.24, 2.45) is 10.8 Å². The molecule has 4 aromatic carbocycles. The second kappa shape index (κ2) is 16.8. The minimum absolute atomic E-state index is 0.0307. The summed E-state index contributed by atoms with van der Waals surface area (Å²) >= 11 is 0. The Morgan fingerprint density at radius 1 is 0.820 bits per heavy atom. The number of benzene rings is 4. The van der Waals surface area contributed by atoms with Gasteiger partial charge < -0.3 is 9.64 Å². The van der Waals surface area contributed by atoms with Crippen molar-refractivity contribution in [2.45, 2.75) is 115 Å². The van der Waals surface area contributed by atoms with E-state index in [1.54, 1.807) is 0 Å². The molecule has 0 amide bonds. The zero-order valence-electron chi connectivity index (χ0n) is 36.6. The maximum atomic E-state index is 10.1. The monoisotopic (exact) mass is 819 g/mol. The molecule has 10 rings (SSSR count). The molecule has 3 heterocycles. The number of ether oxygens (including phenoxy) is 1. The highest BCUT2D eigenvalue weighted by Gasteiger charge is 2.51. The number of fused-ring (bicyclic) bond motifs is 3. The van der Waals surface area contributed by atoms with E-state index < -0.39 is 8.07 Å². The van der Waals surface area contributed by atoms with E-state index >= 15 is 0 Å². The Labute approximate surface area is 366 Å². The molecule has 0 N–H and O–H groups in total. The van der Waals surface area contributed by atoms with Crippen LogP contribution >= 0.6 is 0 Å². The van der Waals surface area contributed by atoms with Gasteiger partial charge in [0.2, 0.25) is 0 Å². The molecule has 3 saturated carbocycles. The van der Waals surface area contributed by atoms with E-state index in [9.17, 15) is 5.26 Å². The van der Waals surface area contributed by atoms with E-state index in [0.717, 1.165) is 62.8 Å². The van der Waals surface area contributed by atoms with Crippen LogP contribution in [0.1, 0.15) is 120 Å². The van der Waals surface area contributed by atoms with Crippen LogP contribution in [0.3, 0.4) is 0 Å². The minimum Gasteiger partial charge on any atom is -0.461 e. The van der Waals surface area contributed by atoms with E-state index in [-0.39, 0.29) is 16.5 Å². The molecule has 5 heteroatoms. The van der Waals surface area contributed by atoms with Gasteiger partial charge in [-0.2, -0.15) is 0 Å². The van der Waals surface area contributed by atoms with Gasteiger partial charge in [0.25, 0.3) is 5.70 Å². The highest BCUT2D eigenvalue weighted by atomic mass is 28.3. The summed E-state index contributed by atoms with van der Waals surface area (Å²) in [5.74, 6) is 2.05. The predicted octanol–water partition coefficient (Wildman–Crippen LogP) is 12.3. The van der Waals surface area contributed by atoms with Crippen LogP contribution in [0.5, 0.6) is 0 Å². The number of unbranched alkanes of at least 4 members (excludes halogenated alkanes) is 2. The largest absolute Gasteiger partial charge is 0.461 e. The van der Waals surface area contributed by atoms with E-state index in [4.69, 9.17) is 11.3 Å². The third-order valence-corrected chi connectivity index (χ3v) is 20.8. The van der Waals surface area contributed by atoms with Gasteiger partial charge in [0.15, 0.2) is 0 Å².